The first-order valence-electron chi connectivity index (χ1n) is 11.9. The van der Waals surface area contributed by atoms with Crippen LogP contribution in [0.1, 0.15) is 96.8 Å². The molecule has 7 nitrogen and oxygen atoms in total. The van der Waals surface area contributed by atoms with Crippen molar-refractivity contribution in [2.75, 3.05) is 20.2 Å². The minimum absolute atomic E-state index is 0.124. The monoisotopic (exact) mass is 433 g/mol. The van der Waals surface area contributed by atoms with Gasteiger partial charge >= 0.3 is 0 Å². The second-order valence-corrected chi connectivity index (χ2v) is 8.57. The molecule has 1 amide bonds. The molecule has 0 aromatic heterocycles. The van der Waals surface area contributed by atoms with Gasteiger partial charge in [-0.2, -0.15) is 0 Å². The Bertz CT molecular complexity index is 409. The first-order chi connectivity index (χ1) is 14.3. The quantitative estimate of drug-likeness (QED) is 0.188. The first kappa shape index (κ1) is 29.3. The summed E-state index contributed by atoms with van der Waals surface area (Å²) < 4.78 is 0. The molecule has 0 aliphatic carbocycles. The normalized spacial score (nSPS) is 15.6. The van der Waals surface area contributed by atoms with Gasteiger partial charge in [-0.3, -0.25) is 4.79 Å². The second kappa shape index (κ2) is 19.0. The number of amides is 1. The lowest BCUT2D eigenvalue weighted by molar-refractivity contribution is -0.138. The zero-order valence-corrected chi connectivity index (χ0v) is 19.2. The lowest BCUT2D eigenvalue weighted by atomic mass is 10.0. The van der Waals surface area contributed by atoms with E-state index in [2.05, 4.69) is 6.92 Å². The molecular weight excluding hydrogens is 386 g/mol. The van der Waals surface area contributed by atoms with Crippen LogP contribution in [0.4, 0.5) is 0 Å². The third-order valence-electron chi connectivity index (χ3n) is 5.71. The summed E-state index contributed by atoms with van der Waals surface area (Å²) in [7, 11) is 1.54. The predicted octanol–water partition coefficient (Wildman–Crippen LogP) is 2.36. The number of carbonyl (C=O) groups excluding carboxylic acids is 1. The van der Waals surface area contributed by atoms with Gasteiger partial charge in [-0.1, -0.05) is 84.0 Å². The van der Waals surface area contributed by atoms with Crippen molar-refractivity contribution in [3.05, 3.63) is 0 Å². The fraction of sp³-hybridized carbons (Fsp3) is 0.957. The van der Waals surface area contributed by atoms with E-state index in [0.717, 1.165) is 19.3 Å². The molecule has 0 saturated heterocycles. The summed E-state index contributed by atoms with van der Waals surface area (Å²) in [5.41, 5.74) is 0. The van der Waals surface area contributed by atoms with Crippen LogP contribution >= 0.6 is 0 Å². The number of nitrogens with zero attached hydrogens (tertiary/aromatic N) is 1. The van der Waals surface area contributed by atoms with Crippen molar-refractivity contribution < 1.29 is 30.3 Å². The number of aliphatic hydroxyl groups is 5. The lowest BCUT2D eigenvalue weighted by Gasteiger charge is -2.28. The third-order valence-corrected chi connectivity index (χ3v) is 5.71. The Hall–Kier alpha value is -0.730. The molecule has 0 spiro atoms. The Labute approximate surface area is 183 Å². The Morgan fingerprint density at radius 2 is 1.10 bits per heavy atom. The van der Waals surface area contributed by atoms with E-state index < -0.39 is 31.0 Å². The maximum absolute atomic E-state index is 12.1. The molecule has 0 aromatic rings. The van der Waals surface area contributed by atoms with Gasteiger partial charge < -0.3 is 30.4 Å². The van der Waals surface area contributed by atoms with Gasteiger partial charge in [-0.25, -0.2) is 0 Å². The summed E-state index contributed by atoms with van der Waals surface area (Å²) in [6, 6.07) is 0. The van der Waals surface area contributed by atoms with E-state index in [4.69, 9.17) is 5.11 Å². The Kier molecular flexibility index (Phi) is 18.5. The number of likely N-dealkylation sites (N-methyl/N-ethyl adjacent to an activating group) is 1. The number of carbonyl (C=O) groups is 1. The minimum Gasteiger partial charge on any atom is -0.394 e. The van der Waals surface area contributed by atoms with Gasteiger partial charge in [-0.15, -0.1) is 0 Å². The molecular formula is C23H47NO6. The molecule has 0 saturated carbocycles. The highest BCUT2D eigenvalue weighted by Gasteiger charge is 2.31. The number of unbranched alkanes of at least 4 members (excludes halogenated alkanes) is 12. The van der Waals surface area contributed by atoms with Crippen molar-refractivity contribution in [1.29, 1.82) is 0 Å². The van der Waals surface area contributed by atoms with Crippen molar-refractivity contribution in [3.8, 4) is 0 Å². The topological polar surface area (TPSA) is 121 Å². The molecule has 7 heteroatoms. The predicted molar refractivity (Wildman–Crippen MR) is 119 cm³/mol. The molecule has 30 heavy (non-hydrogen) atoms. The van der Waals surface area contributed by atoms with E-state index in [-0.39, 0.29) is 12.5 Å². The fourth-order valence-electron chi connectivity index (χ4n) is 3.54. The highest BCUT2D eigenvalue weighted by Crippen LogP contribution is 2.13. The van der Waals surface area contributed by atoms with Gasteiger partial charge in [0.2, 0.25) is 5.91 Å². The third kappa shape index (κ3) is 14.3. The Balaban J connectivity index is 3.70. The molecule has 0 aliphatic heterocycles. The van der Waals surface area contributed by atoms with E-state index in [1.165, 1.54) is 76.2 Å². The Morgan fingerprint density at radius 3 is 1.53 bits per heavy atom. The molecule has 0 aromatic carbocycles. The van der Waals surface area contributed by atoms with Crippen LogP contribution in [-0.4, -0.2) is 81.0 Å². The summed E-state index contributed by atoms with van der Waals surface area (Å²) in [4.78, 5) is 13.5. The van der Waals surface area contributed by atoms with E-state index >= 15 is 0 Å². The molecule has 0 heterocycles. The molecule has 0 bridgehead atoms. The zero-order chi connectivity index (χ0) is 22.8. The molecule has 0 fully saturated rings. The van der Waals surface area contributed by atoms with Crippen LogP contribution in [0.25, 0.3) is 0 Å². The average Bonchev–Trinajstić information content (AvgIpc) is 2.74. The summed E-state index contributed by atoms with van der Waals surface area (Å²) in [5, 5.41) is 47.5. The summed E-state index contributed by atoms with van der Waals surface area (Å²) in [6.07, 6.45) is 10.3. The molecule has 0 rings (SSSR count). The smallest absolute Gasteiger partial charge is 0.222 e. The van der Waals surface area contributed by atoms with Crippen LogP contribution in [0.5, 0.6) is 0 Å². The van der Waals surface area contributed by atoms with Crippen molar-refractivity contribution in [2.24, 2.45) is 0 Å². The van der Waals surface area contributed by atoms with Gasteiger partial charge in [0.1, 0.15) is 24.4 Å². The van der Waals surface area contributed by atoms with Crippen LogP contribution in [0.3, 0.4) is 0 Å². The molecule has 5 N–H and O–H groups in total. The highest BCUT2D eigenvalue weighted by molar-refractivity contribution is 5.75. The van der Waals surface area contributed by atoms with Crippen LogP contribution in [0, 0.1) is 0 Å². The van der Waals surface area contributed by atoms with Gasteiger partial charge in [0.05, 0.1) is 6.61 Å². The molecule has 0 aliphatic rings. The number of aliphatic hydroxyl groups excluding tert-OH is 5. The lowest BCUT2D eigenvalue weighted by Crippen LogP contribution is -2.49. The average molecular weight is 434 g/mol. The van der Waals surface area contributed by atoms with Crippen LogP contribution < -0.4 is 0 Å². The number of hydrogen-bond acceptors (Lipinski definition) is 6. The van der Waals surface area contributed by atoms with Crippen molar-refractivity contribution in [3.63, 3.8) is 0 Å². The number of hydrogen-bond donors (Lipinski definition) is 5. The molecule has 4 atom stereocenters. The van der Waals surface area contributed by atoms with Crippen molar-refractivity contribution in [2.45, 2.75) is 121 Å². The zero-order valence-electron chi connectivity index (χ0n) is 19.2. The van der Waals surface area contributed by atoms with Crippen LogP contribution in [0.2, 0.25) is 0 Å². The van der Waals surface area contributed by atoms with E-state index in [9.17, 15) is 25.2 Å². The van der Waals surface area contributed by atoms with Gasteiger partial charge in [0, 0.05) is 20.0 Å². The maximum Gasteiger partial charge on any atom is 0.222 e. The van der Waals surface area contributed by atoms with Crippen molar-refractivity contribution in [1.82, 2.24) is 4.90 Å². The number of rotatable bonds is 20. The van der Waals surface area contributed by atoms with Crippen LogP contribution in [0.15, 0.2) is 0 Å². The van der Waals surface area contributed by atoms with Gasteiger partial charge in [0.25, 0.3) is 0 Å². The largest absolute Gasteiger partial charge is 0.394 e. The second-order valence-electron chi connectivity index (χ2n) is 8.57. The van der Waals surface area contributed by atoms with Gasteiger partial charge in [-0.05, 0) is 6.42 Å². The van der Waals surface area contributed by atoms with Crippen molar-refractivity contribution >= 4 is 5.91 Å². The fourth-order valence-corrected chi connectivity index (χ4v) is 3.54. The summed E-state index contributed by atoms with van der Waals surface area (Å²) in [6.45, 7) is 1.37. The first-order valence-corrected chi connectivity index (χ1v) is 11.9. The molecule has 1 unspecified atom stereocenters. The Morgan fingerprint density at radius 1 is 0.700 bits per heavy atom. The standard InChI is InChI=1S/C23H47NO6/c1-3-4-5-6-7-8-9-10-11-12-13-14-15-16-21(28)24(2)17-19(26)22(29)23(30)20(27)18-25/h19-20,22-23,25-27,29-30H,3-18H2,1-2H3/t19-,20+,22?,23+/m0/s1. The summed E-state index contributed by atoms with van der Waals surface area (Å²) >= 11 is 0. The summed E-state index contributed by atoms with van der Waals surface area (Å²) in [5.74, 6) is -0.124. The SMILES string of the molecule is CCCCCCCCCCCCCCCC(=O)N(C)C[C@H](O)C(O)[C@H](O)[C@H](O)CO. The molecule has 180 valence electrons. The van der Waals surface area contributed by atoms with Gasteiger partial charge in [0.15, 0.2) is 0 Å². The highest BCUT2D eigenvalue weighted by atomic mass is 16.4. The molecule has 0 radical (unpaired) electrons. The van der Waals surface area contributed by atoms with E-state index in [1.54, 1.807) is 0 Å². The van der Waals surface area contributed by atoms with E-state index in [0.29, 0.717) is 6.42 Å². The minimum atomic E-state index is -1.67. The van der Waals surface area contributed by atoms with Crippen LogP contribution in [-0.2, 0) is 4.79 Å². The van der Waals surface area contributed by atoms with E-state index in [1.807, 2.05) is 0 Å². The maximum atomic E-state index is 12.1.